The van der Waals surface area contributed by atoms with Gasteiger partial charge < -0.3 is 14.4 Å². The highest BCUT2D eigenvalue weighted by atomic mass is 32.1. The molecule has 0 bridgehead atoms. The molecule has 0 aliphatic carbocycles. The Labute approximate surface area is 151 Å². The molecule has 2 aliphatic heterocycles. The molecule has 1 aromatic carbocycles. The summed E-state index contributed by atoms with van der Waals surface area (Å²) in [6.45, 7) is 2.37. The fourth-order valence-corrected chi connectivity index (χ4v) is 4.01. The Hall–Kier alpha value is -2.11. The van der Waals surface area contributed by atoms with E-state index < -0.39 is 0 Å². The molecule has 1 fully saturated rings. The Kier molecular flexibility index (Phi) is 4.85. The van der Waals surface area contributed by atoms with Crippen molar-refractivity contribution in [2.24, 2.45) is 0 Å². The van der Waals surface area contributed by atoms with Gasteiger partial charge in [-0.3, -0.25) is 4.79 Å². The molecule has 4 rings (SSSR count). The number of fused-ring (bicyclic) bond motifs is 1. The Morgan fingerprint density at radius 2 is 2.16 bits per heavy atom. The number of hydrogen-bond donors (Lipinski definition) is 0. The van der Waals surface area contributed by atoms with Gasteiger partial charge in [0, 0.05) is 23.6 Å². The quantitative estimate of drug-likeness (QED) is 0.820. The Morgan fingerprint density at radius 1 is 1.24 bits per heavy atom. The summed E-state index contributed by atoms with van der Waals surface area (Å²) < 4.78 is 11.5. The van der Waals surface area contributed by atoms with Crippen LogP contribution in [-0.4, -0.2) is 36.7 Å². The van der Waals surface area contributed by atoms with Gasteiger partial charge in [0.15, 0.2) is 0 Å². The van der Waals surface area contributed by atoms with E-state index in [4.69, 9.17) is 9.47 Å². The summed E-state index contributed by atoms with van der Waals surface area (Å²) in [6.07, 6.45) is 4.19. The predicted octanol–water partition coefficient (Wildman–Crippen LogP) is 3.73. The molecule has 1 saturated heterocycles. The van der Waals surface area contributed by atoms with Crippen LogP contribution in [-0.2, 0) is 16.1 Å². The summed E-state index contributed by atoms with van der Waals surface area (Å²) in [5, 5.41) is 2.04. The Bertz CT molecular complexity index is 763. The molecule has 3 heterocycles. The SMILES string of the molecule is O=C(C1=Cc2ccccc2OC1)N(Cc1cccs1)CC1CCCO1. The lowest BCUT2D eigenvalue weighted by atomic mass is 10.1. The molecule has 5 heteroatoms. The highest BCUT2D eigenvalue weighted by molar-refractivity contribution is 7.09. The van der Waals surface area contributed by atoms with Gasteiger partial charge in [0.2, 0.25) is 0 Å². The first-order valence-corrected chi connectivity index (χ1v) is 9.53. The van der Waals surface area contributed by atoms with E-state index in [2.05, 4.69) is 6.07 Å². The van der Waals surface area contributed by atoms with Gasteiger partial charge in [-0.05, 0) is 36.4 Å². The summed E-state index contributed by atoms with van der Waals surface area (Å²) >= 11 is 1.68. The average Bonchev–Trinajstić information content (AvgIpc) is 3.34. The topological polar surface area (TPSA) is 38.8 Å². The lowest BCUT2D eigenvalue weighted by Gasteiger charge is -2.27. The largest absolute Gasteiger partial charge is 0.488 e. The summed E-state index contributed by atoms with van der Waals surface area (Å²) in [5.41, 5.74) is 1.67. The number of hydrogen-bond acceptors (Lipinski definition) is 4. The Balaban J connectivity index is 1.55. The maximum absolute atomic E-state index is 13.1. The van der Waals surface area contributed by atoms with Gasteiger partial charge >= 0.3 is 0 Å². The van der Waals surface area contributed by atoms with E-state index in [9.17, 15) is 4.79 Å². The summed E-state index contributed by atoms with van der Waals surface area (Å²) in [4.78, 5) is 16.2. The lowest BCUT2D eigenvalue weighted by molar-refractivity contribution is -0.129. The van der Waals surface area contributed by atoms with Crippen molar-refractivity contribution in [1.82, 2.24) is 4.90 Å². The minimum atomic E-state index is 0.0402. The maximum Gasteiger partial charge on any atom is 0.253 e. The van der Waals surface area contributed by atoms with Crippen LogP contribution in [0.1, 0.15) is 23.3 Å². The molecule has 130 valence electrons. The third-order valence-corrected chi connectivity index (χ3v) is 5.43. The van der Waals surface area contributed by atoms with E-state index in [-0.39, 0.29) is 12.0 Å². The summed E-state index contributed by atoms with van der Waals surface area (Å²) in [7, 11) is 0. The zero-order valence-corrected chi connectivity index (χ0v) is 14.8. The molecule has 4 nitrogen and oxygen atoms in total. The van der Waals surface area contributed by atoms with Gasteiger partial charge in [-0.2, -0.15) is 0 Å². The van der Waals surface area contributed by atoms with E-state index in [1.807, 2.05) is 46.7 Å². The first kappa shape index (κ1) is 16.4. The molecule has 0 spiro atoms. The van der Waals surface area contributed by atoms with Gasteiger partial charge in [-0.25, -0.2) is 0 Å². The minimum absolute atomic E-state index is 0.0402. The number of thiophene rings is 1. The van der Waals surface area contributed by atoms with E-state index >= 15 is 0 Å². The van der Waals surface area contributed by atoms with Crippen molar-refractivity contribution < 1.29 is 14.3 Å². The zero-order chi connectivity index (χ0) is 17.1. The second kappa shape index (κ2) is 7.42. The van der Waals surface area contributed by atoms with E-state index in [0.717, 1.165) is 30.8 Å². The van der Waals surface area contributed by atoms with Crippen LogP contribution in [0.4, 0.5) is 0 Å². The first-order valence-electron chi connectivity index (χ1n) is 8.65. The molecule has 1 aromatic heterocycles. The molecule has 0 N–H and O–H groups in total. The Morgan fingerprint density at radius 3 is 2.96 bits per heavy atom. The number of para-hydroxylation sites is 1. The van der Waals surface area contributed by atoms with Crippen LogP contribution in [0.2, 0.25) is 0 Å². The number of carbonyl (C=O) groups excluding carboxylic acids is 1. The van der Waals surface area contributed by atoms with Gasteiger partial charge in [0.05, 0.1) is 18.2 Å². The molecule has 1 unspecified atom stereocenters. The standard InChI is InChI=1S/C20H21NO3S/c22-20(16-11-15-5-1-2-8-19(15)24-14-16)21(12-17-6-3-9-23-17)13-18-7-4-10-25-18/h1-2,4-5,7-8,10-11,17H,3,6,9,12-14H2. The van der Waals surface area contributed by atoms with Crippen LogP contribution in [0.5, 0.6) is 5.75 Å². The normalized spacial score (nSPS) is 19.0. The zero-order valence-electron chi connectivity index (χ0n) is 14.0. The van der Waals surface area contributed by atoms with Crippen LogP contribution in [0.3, 0.4) is 0 Å². The predicted molar refractivity (Wildman–Crippen MR) is 98.6 cm³/mol. The molecular weight excluding hydrogens is 334 g/mol. The van der Waals surface area contributed by atoms with Gasteiger partial charge in [-0.15, -0.1) is 11.3 Å². The molecule has 0 radical (unpaired) electrons. The number of carbonyl (C=O) groups is 1. The van der Waals surface area contributed by atoms with Gasteiger partial charge in [0.1, 0.15) is 12.4 Å². The fraction of sp³-hybridized carbons (Fsp3) is 0.350. The molecule has 2 aromatic rings. The minimum Gasteiger partial charge on any atom is -0.488 e. The summed E-state index contributed by atoms with van der Waals surface area (Å²) in [5.74, 6) is 0.876. The van der Waals surface area contributed by atoms with Gasteiger partial charge in [-0.1, -0.05) is 24.3 Å². The third kappa shape index (κ3) is 3.78. The summed E-state index contributed by atoms with van der Waals surface area (Å²) in [6, 6.07) is 11.9. The maximum atomic E-state index is 13.1. The van der Waals surface area contributed by atoms with Crippen LogP contribution in [0, 0.1) is 0 Å². The fourth-order valence-electron chi connectivity index (χ4n) is 3.29. The van der Waals surface area contributed by atoms with Crippen LogP contribution >= 0.6 is 11.3 Å². The number of rotatable bonds is 5. The lowest BCUT2D eigenvalue weighted by Crippen LogP contribution is -2.38. The van der Waals surface area contributed by atoms with Gasteiger partial charge in [0.25, 0.3) is 5.91 Å². The highest BCUT2D eigenvalue weighted by Crippen LogP contribution is 2.27. The number of amides is 1. The molecule has 1 amide bonds. The molecule has 1 atom stereocenters. The van der Waals surface area contributed by atoms with Crippen molar-refractivity contribution in [2.45, 2.75) is 25.5 Å². The molecular formula is C20H21NO3S. The average molecular weight is 355 g/mol. The van der Waals surface area contributed by atoms with E-state index in [1.54, 1.807) is 11.3 Å². The first-order chi connectivity index (χ1) is 12.3. The molecule has 0 saturated carbocycles. The monoisotopic (exact) mass is 355 g/mol. The van der Waals surface area contributed by atoms with Crippen molar-refractivity contribution in [3.8, 4) is 5.75 Å². The molecule has 2 aliphatic rings. The van der Waals surface area contributed by atoms with E-state index in [0.29, 0.717) is 25.3 Å². The number of ether oxygens (including phenoxy) is 2. The van der Waals surface area contributed by atoms with E-state index in [1.165, 1.54) is 4.88 Å². The second-order valence-corrected chi connectivity index (χ2v) is 7.43. The highest BCUT2D eigenvalue weighted by Gasteiger charge is 2.26. The second-order valence-electron chi connectivity index (χ2n) is 6.40. The smallest absolute Gasteiger partial charge is 0.253 e. The van der Waals surface area contributed by atoms with Crippen molar-refractivity contribution in [3.05, 3.63) is 57.8 Å². The number of nitrogens with zero attached hydrogens (tertiary/aromatic N) is 1. The van der Waals surface area contributed by atoms with Crippen molar-refractivity contribution in [2.75, 3.05) is 19.8 Å². The van der Waals surface area contributed by atoms with Crippen LogP contribution < -0.4 is 4.74 Å². The van der Waals surface area contributed by atoms with Crippen molar-refractivity contribution in [1.29, 1.82) is 0 Å². The third-order valence-electron chi connectivity index (χ3n) is 4.57. The van der Waals surface area contributed by atoms with Crippen molar-refractivity contribution >= 4 is 23.3 Å². The van der Waals surface area contributed by atoms with Crippen LogP contribution in [0.15, 0.2) is 47.4 Å². The van der Waals surface area contributed by atoms with Crippen molar-refractivity contribution in [3.63, 3.8) is 0 Å². The molecule has 25 heavy (non-hydrogen) atoms. The number of benzene rings is 1. The van der Waals surface area contributed by atoms with Crippen LogP contribution in [0.25, 0.3) is 6.08 Å².